The number of nitrogens with two attached hydrogens (primary N) is 1. The Morgan fingerprint density at radius 1 is 1.33 bits per heavy atom. The molecule has 18 heavy (non-hydrogen) atoms. The lowest BCUT2D eigenvalue weighted by Gasteiger charge is -2.30. The summed E-state index contributed by atoms with van der Waals surface area (Å²) in [5.41, 5.74) is 5.98. The van der Waals surface area contributed by atoms with E-state index < -0.39 is 0 Å². The van der Waals surface area contributed by atoms with Gasteiger partial charge < -0.3 is 15.8 Å². The van der Waals surface area contributed by atoms with E-state index in [2.05, 4.69) is 29.1 Å². The van der Waals surface area contributed by atoms with Crippen molar-refractivity contribution in [2.45, 2.75) is 33.6 Å². The van der Waals surface area contributed by atoms with Crippen LogP contribution < -0.4 is 15.8 Å². The molecule has 0 amide bonds. The molecule has 0 aliphatic carbocycles. The second-order valence-corrected chi connectivity index (χ2v) is 4.42. The molecular formula is C13H24N4O. The van der Waals surface area contributed by atoms with E-state index in [0.29, 0.717) is 25.0 Å². The fourth-order valence-corrected chi connectivity index (χ4v) is 1.78. The van der Waals surface area contributed by atoms with Crippen LogP contribution in [0, 0.1) is 5.41 Å². The Kier molecular flexibility index (Phi) is 5.85. The fourth-order valence-electron chi connectivity index (χ4n) is 1.78. The molecule has 0 unspecified atom stereocenters. The van der Waals surface area contributed by atoms with Gasteiger partial charge in [0.05, 0.1) is 6.61 Å². The van der Waals surface area contributed by atoms with E-state index in [0.717, 1.165) is 19.4 Å². The molecule has 0 aliphatic rings. The maximum Gasteiger partial charge on any atom is 0.225 e. The zero-order valence-electron chi connectivity index (χ0n) is 11.6. The third kappa shape index (κ3) is 3.84. The highest BCUT2D eigenvalue weighted by Crippen LogP contribution is 2.24. The molecule has 0 saturated heterocycles. The van der Waals surface area contributed by atoms with Crippen molar-refractivity contribution in [1.82, 2.24) is 9.97 Å². The molecule has 1 heterocycles. The van der Waals surface area contributed by atoms with Gasteiger partial charge in [0.15, 0.2) is 0 Å². The monoisotopic (exact) mass is 252 g/mol. The highest BCUT2D eigenvalue weighted by atomic mass is 16.5. The van der Waals surface area contributed by atoms with E-state index >= 15 is 0 Å². The predicted octanol–water partition coefficient (Wildman–Crippen LogP) is 2.05. The third-order valence-electron chi connectivity index (χ3n) is 3.48. The molecular weight excluding hydrogens is 228 g/mol. The molecule has 0 saturated carbocycles. The van der Waals surface area contributed by atoms with E-state index in [1.54, 1.807) is 12.3 Å². The molecule has 3 N–H and O–H groups in total. The number of ether oxygens (including phenoxy) is 1. The molecule has 102 valence electrons. The lowest BCUT2D eigenvalue weighted by atomic mass is 9.82. The zero-order valence-corrected chi connectivity index (χ0v) is 11.6. The Morgan fingerprint density at radius 2 is 2.06 bits per heavy atom. The van der Waals surface area contributed by atoms with Gasteiger partial charge in [-0.25, -0.2) is 4.98 Å². The normalized spacial score (nSPS) is 11.3. The Labute approximate surface area is 109 Å². The van der Waals surface area contributed by atoms with Crippen molar-refractivity contribution in [3.8, 4) is 5.88 Å². The van der Waals surface area contributed by atoms with Crippen molar-refractivity contribution in [2.24, 2.45) is 11.1 Å². The summed E-state index contributed by atoms with van der Waals surface area (Å²) in [7, 11) is 0. The number of hydrogen-bond acceptors (Lipinski definition) is 5. The predicted molar refractivity (Wildman–Crippen MR) is 73.8 cm³/mol. The van der Waals surface area contributed by atoms with Crippen LogP contribution >= 0.6 is 0 Å². The highest BCUT2D eigenvalue weighted by molar-refractivity contribution is 5.27. The topological polar surface area (TPSA) is 73.1 Å². The summed E-state index contributed by atoms with van der Waals surface area (Å²) in [4.78, 5) is 8.47. The van der Waals surface area contributed by atoms with Crippen molar-refractivity contribution < 1.29 is 4.74 Å². The highest BCUT2D eigenvalue weighted by Gasteiger charge is 2.24. The van der Waals surface area contributed by atoms with Crippen LogP contribution in [0.5, 0.6) is 5.88 Å². The molecule has 1 aromatic heterocycles. The van der Waals surface area contributed by atoms with Gasteiger partial charge in [-0.1, -0.05) is 13.8 Å². The number of anilines is 1. The molecule has 5 heteroatoms. The maximum absolute atomic E-state index is 5.87. The minimum atomic E-state index is 0.116. The summed E-state index contributed by atoms with van der Waals surface area (Å²) < 4.78 is 5.34. The van der Waals surface area contributed by atoms with Gasteiger partial charge in [0.1, 0.15) is 0 Å². The van der Waals surface area contributed by atoms with Crippen LogP contribution in [0.25, 0.3) is 0 Å². The average molecular weight is 252 g/mol. The number of nitrogens with one attached hydrogen (secondary N) is 1. The van der Waals surface area contributed by atoms with Gasteiger partial charge in [0, 0.05) is 18.8 Å². The van der Waals surface area contributed by atoms with Crippen molar-refractivity contribution in [3.63, 3.8) is 0 Å². The first-order valence-electron chi connectivity index (χ1n) is 6.59. The first-order valence-corrected chi connectivity index (χ1v) is 6.59. The van der Waals surface area contributed by atoms with Gasteiger partial charge in [-0.2, -0.15) is 4.98 Å². The minimum Gasteiger partial charge on any atom is -0.478 e. The van der Waals surface area contributed by atoms with E-state index in [-0.39, 0.29) is 5.41 Å². The van der Waals surface area contributed by atoms with Crippen molar-refractivity contribution in [3.05, 3.63) is 12.3 Å². The van der Waals surface area contributed by atoms with E-state index in [1.165, 1.54) is 0 Å². The Morgan fingerprint density at radius 3 is 2.61 bits per heavy atom. The number of aromatic nitrogens is 2. The lowest BCUT2D eigenvalue weighted by molar-refractivity contribution is 0.293. The summed E-state index contributed by atoms with van der Waals surface area (Å²) >= 11 is 0. The van der Waals surface area contributed by atoms with Crippen LogP contribution in [-0.2, 0) is 0 Å². The Bertz CT molecular complexity index is 344. The molecule has 0 spiro atoms. The minimum absolute atomic E-state index is 0.116. The Balaban J connectivity index is 2.64. The molecule has 0 bridgehead atoms. The third-order valence-corrected chi connectivity index (χ3v) is 3.48. The van der Waals surface area contributed by atoms with Crippen molar-refractivity contribution in [1.29, 1.82) is 0 Å². The molecule has 0 radical (unpaired) electrons. The Hall–Kier alpha value is -1.36. The second kappa shape index (κ2) is 7.16. The zero-order chi connectivity index (χ0) is 13.4. The lowest BCUT2D eigenvalue weighted by Crippen LogP contribution is -2.36. The van der Waals surface area contributed by atoms with Crippen LogP contribution in [-0.4, -0.2) is 29.7 Å². The van der Waals surface area contributed by atoms with Gasteiger partial charge in [-0.3, -0.25) is 0 Å². The summed E-state index contributed by atoms with van der Waals surface area (Å²) in [6.45, 7) is 8.31. The molecule has 1 aromatic rings. The van der Waals surface area contributed by atoms with Crippen LogP contribution in [0.15, 0.2) is 12.3 Å². The van der Waals surface area contributed by atoms with E-state index in [9.17, 15) is 0 Å². The van der Waals surface area contributed by atoms with Crippen LogP contribution in [0.3, 0.4) is 0 Å². The van der Waals surface area contributed by atoms with Gasteiger partial charge in [0.2, 0.25) is 11.8 Å². The van der Waals surface area contributed by atoms with E-state index in [1.807, 2.05) is 6.92 Å². The SMILES string of the molecule is CCOc1ccnc(NCC(CC)(CC)CN)n1. The van der Waals surface area contributed by atoms with Crippen molar-refractivity contribution in [2.75, 3.05) is 25.0 Å². The summed E-state index contributed by atoms with van der Waals surface area (Å²) in [5.74, 6) is 1.20. The molecule has 5 nitrogen and oxygen atoms in total. The van der Waals surface area contributed by atoms with Crippen LogP contribution in [0.4, 0.5) is 5.95 Å². The smallest absolute Gasteiger partial charge is 0.225 e. The van der Waals surface area contributed by atoms with Gasteiger partial charge >= 0.3 is 0 Å². The summed E-state index contributed by atoms with van der Waals surface area (Å²) in [6.07, 6.45) is 3.78. The first-order chi connectivity index (χ1) is 8.69. The van der Waals surface area contributed by atoms with Gasteiger partial charge in [-0.15, -0.1) is 0 Å². The summed E-state index contributed by atoms with van der Waals surface area (Å²) in [6, 6.07) is 1.75. The molecule has 0 aliphatic heterocycles. The first kappa shape index (κ1) is 14.7. The van der Waals surface area contributed by atoms with Crippen LogP contribution in [0.2, 0.25) is 0 Å². The standard InChI is InChI=1S/C13H24N4O/c1-4-13(5-2,9-14)10-16-12-15-8-7-11(17-12)18-6-3/h7-8H,4-6,9-10,14H2,1-3H3,(H,15,16,17). The van der Waals surface area contributed by atoms with E-state index in [4.69, 9.17) is 10.5 Å². The number of hydrogen-bond donors (Lipinski definition) is 2. The number of nitrogens with zero attached hydrogens (tertiary/aromatic N) is 2. The quantitative estimate of drug-likeness (QED) is 0.741. The van der Waals surface area contributed by atoms with Crippen molar-refractivity contribution >= 4 is 5.95 Å². The molecule has 1 rings (SSSR count). The molecule has 0 atom stereocenters. The molecule has 0 fully saturated rings. The molecule has 0 aromatic carbocycles. The second-order valence-electron chi connectivity index (χ2n) is 4.42. The van der Waals surface area contributed by atoms with Gasteiger partial charge in [0.25, 0.3) is 0 Å². The van der Waals surface area contributed by atoms with Gasteiger partial charge in [-0.05, 0) is 31.7 Å². The number of rotatable bonds is 8. The van der Waals surface area contributed by atoms with Crippen LogP contribution in [0.1, 0.15) is 33.6 Å². The maximum atomic E-state index is 5.87. The fraction of sp³-hybridized carbons (Fsp3) is 0.692. The average Bonchev–Trinajstić information content (AvgIpc) is 2.42. The largest absolute Gasteiger partial charge is 0.478 e. The summed E-state index contributed by atoms with van der Waals surface area (Å²) in [5, 5.41) is 3.25.